The van der Waals surface area contributed by atoms with E-state index >= 15 is 0 Å². The highest BCUT2D eigenvalue weighted by Crippen LogP contribution is 2.39. The van der Waals surface area contributed by atoms with E-state index < -0.39 is 26.4 Å². The highest BCUT2D eigenvalue weighted by atomic mass is 32.2. The van der Waals surface area contributed by atoms with Crippen LogP contribution in [0.1, 0.15) is 75.0 Å². The van der Waals surface area contributed by atoms with Crippen LogP contribution in [0.3, 0.4) is 0 Å². The fourth-order valence-corrected chi connectivity index (χ4v) is 6.50. The average Bonchev–Trinajstić information content (AvgIpc) is 2.83. The van der Waals surface area contributed by atoms with Crippen molar-refractivity contribution in [1.82, 2.24) is 19.3 Å². The second-order valence-electron chi connectivity index (χ2n) is 11.9. The molecule has 0 spiro atoms. The van der Waals surface area contributed by atoms with Crippen molar-refractivity contribution in [3.8, 4) is 5.88 Å². The molecule has 1 atom stereocenters. The summed E-state index contributed by atoms with van der Waals surface area (Å²) in [4.78, 5) is 26.3. The van der Waals surface area contributed by atoms with Crippen LogP contribution in [0.5, 0.6) is 5.88 Å². The maximum atomic E-state index is 12.5. The maximum absolute atomic E-state index is 12.5. The molecule has 4 heterocycles. The Morgan fingerprint density at radius 2 is 1.82 bits per heavy atom. The van der Waals surface area contributed by atoms with Gasteiger partial charge in [0.1, 0.15) is 23.3 Å². The summed E-state index contributed by atoms with van der Waals surface area (Å²) >= 11 is 0. The van der Waals surface area contributed by atoms with E-state index in [0.29, 0.717) is 47.0 Å². The molecule has 2 aliphatic rings. The van der Waals surface area contributed by atoms with E-state index in [1.54, 1.807) is 24.5 Å². The molecule has 0 aromatic carbocycles. The van der Waals surface area contributed by atoms with Crippen LogP contribution in [0.25, 0.3) is 10.8 Å². The van der Waals surface area contributed by atoms with E-state index in [1.165, 1.54) is 18.4 Å². The molecule has 40 heavy (non-hydrogen) atoms. The minimum absolute atomic E-state index is 0.0965. The van der Waals surface area contributed by atoms with Crippen LogP contribution in [0.4, 0.5) is 11.6 Å². The topological polar surface area (TPSA) is 150 Å². The summed E-state index contributed by atoms with van der Waals surface area (Å²) in [5.74, 6) is 0.987. The molecule has 1 aliphatic carbocycles. The number of carbonyl (C=O) groups excluding carboxylic acids is 1. The Labute approximate surface area is 234 Å². The number of esters is 1. The molecular formula is C28H36N6O5S. The van der Waals surface area contributed by atoms with Crippen molar-refractivity contribution in [2.45, 2.75) is 75.9 Å². The quantitative estimate of drug-likeness (QED) is 0.403. The first-order valence-electron chi connectivity index (χ1n) is 13.3. The van der Waals surface area contributed by atoms with E-state index in [0.717, 1.165) is 10.9 Å². The number of nitrogens with two attached hydrogens (primary N) is 1. The SMILES string of the molecule is C[C@@H]1c2nc(Nc3cc4c(C(C)(C)N)cnc(O[C@H]5C[C@H](S(=O)(=O)N(C)C)C5)c4cn3)ccc2C(=O)OC1(C)C. The lowest BCUT2D eigenvalue weighted by Crippen LogP contribution is -2.47. The highest BCUT2D eigenvalue weighted by molar-refractivity contribution is 7.89. The molecule has 3 N–H and O–H groups in total. The Morgan fingerprint density at radius 1 is 1.12 bits per heavy atom. The summed E-state index contributed by atoms with van der Waals surface area (Å²) in [7, 11) is -0.244. The molecule has 0 radical (unpaired) electrons. The van der Waals surface area contributed by atoms with Crippen molar-refractivity contribution >= 4 is 38.4 Å². The first kappa shape index (κ1) is 28.2. The maximum Gasteiger partial charge on any atom is 0.340 e. The largest absolute Gasteiger partial charge is 0.474 e. The van der Waals surface area contributed by atoms with Crippen LogP contribution in [0, 0.1) is 0 Å². The zero-order chi connectivity index (χ0) is 29.2. The number of hydrogen-bond acceptors (Lipinski definition) is 10. The minimum Gasteiger partial charge on any atom is -0.474 e. The monoisotopic (exact) mass is 568 g/mol. The fourth-order valence-electron chi connectivity index (χ4n) is 4.99. The number of anilines is 2. The van der Waals surface area contributed by atoms with Gasteiger partial charge >= 0.3 is 5.97 Å². The average molecular weight is 569 g/mol. The Balaban J connectivity index is 1.45. The number of carbonyl (C=O) groups is 1. The normalized spacial score (nSPS) is 22.4. The molecule has 1 saturated carbocycles. The Kier molecular flexibility index (Phi) is 6.79. The van der Waals surface area contributed by atoms with Gasteiger partial charge in [-0.1, -0.05) is 6.92 Å². The van der Waals surface area contributed by atoms with Gasteiger partial charge in [-0.15, -0.1) is 0 Å². The molecule has 0 bridgehead atoms. The molecular weight excluding hydrogens is 532 g/mol. The molecule has 11 nitrogen and oxygen atoms in total. The molecule has 1 fully saturated rings. The van der Waals surface area contributed by atoms with Crippen molar-refractivity contribution in [1.29, 1.82) is 0 Å². The molecule has 0 amide bonds. The molecule has 214 valence electrons. The molecule has 0 saturated heterocycles. The Morgan fingerprint density at radius 3 is 2.48 bits per heavy atom. The second-order valence-corrected chi connectivity index (χ2v) is 14.4. The number of sulfonamides is 1. The third-order valence-electron chi connectivity index (χ3n) is 7.90. The van der Waals surface area contributed by atoms with Crippen LogP contribution in [0.15, 0.2) is 30.6 Å². The summed E-state index contributed by atoms with van der Waals surface area (Å²) in [6, 6.07) is 5.31. The number of nitrogens with zero attached hydrogens (tertiary/aromatic N) is 4. The molecule has 5 rings (SSSR count). The van der Waals surface area contributed by atoms with Gasteiger partial charge in [0.05, 0.1) is 21.9 Å². The minimum atomic E-state index is -3.32. The summed E-state index contributed by atoms with van der Waals surface area (Å²) in [5, 5.41) is 4.28. The number of nitrogens with one attached hydrogen (secondary N) is 1. The fraction of sp³-hybridized carbons (Fsp3) is 0.500. The third-order valence-corrected chi connectivity index (χ3v) is 10.1. The van der Waals surface area contributed by atoms with Crippen LogP contribution in [-0.4, -0.2) is 64.7 Å². The number of aromatic nitrogens is 3. The first-order chi connectivity index (χ1) is 18.6. The molecule has 1 aliphatic heterocycles. The molecule has 12 heteroatoms. The van der Waals surface area contributed by atoms with E-state index in [9.17, 15) is 13.2 Å². The zero-order valence-corrected chi connectivity index (χ0v) is 24.7. The van der Waals surface area contributed by atoms with E-state index in [-0.39, 0.29) is 18.0 Å². The predicted molar refractivity (Wildman–Crippen MR) is 152 cm³/mol. The van der Waals surface area contributed by atoms with Gasteiger partial charge < -0.3 is 20.5 Å². The number of cyclic esters (lactones) is 1. The van der Waals surface area contributed by atoms with Crippen molar-refractivity contribution in [3.05, 3.63) is 47.4 Å². The second kappa shape index (κ2) is 9.64. The van der Waals surface area contributed by atoms with Crippen LogP contribution in [0.2, 0.25) is 0 Å². The molecule has 3 aromatic rings. The summed E-state index contributed by atoms with van der Waals surface area (Å²) in [6.07, 6.45) is 3.90. The van der Waals surface area contributed by atoms with Crippen LogP contribution >= 0.6 is 0 Å². The smallest absolute Gasteiger partial charge is 0.340 e. The van der Waals surface area contributed by atoms with Gasteiger partial charge in [0.25, 0.3) is 0 Å². The van der Waals surface area contributed by atoms with Crippen molar-refractivity contribution < 1.29 is 22.7 Å². The van der Waals surface area contributed by atoms with E-state index in [1.807, 2.05) is 40.7 Å². The van der Waals surface area contributed by atoms with Crippen LogP contribution in [-0.2, 0) is 20.3 Å². The van der Waals surface area contributed by atoms with Crippen molar-refractivity contribution in [3.63, 3.8) is 0 Å². The van der Waals surface area contributed by atoms with E-state index in [4.69, 9.17) is 20.2 Å². The van der Waals surface area contributed by atoms with Gasteiger partial charge in [-0.05, 0) is 56.8 Å². The summed E-state index contributed by atoms with van der Waals surface area (Å²) in [5.41, 5.74) is 7.06. The lowest BCUT2D eigenvalue weighted by Gasteiger charge is -2.36. The first-order valence-corrected chi connectivity index (χ1v) is 14.8. The Bertz CT molecular complexity index is 1590. The number of pyridine rings is 3. The predicted octanol–water partition coefficient (Wildman–Crippen LogP) is 3.82. The Hall–Kier alpha value is -3.35. The van der Waals surface area contributed by atoms with Crippen molar-refractivity contribution in [2.75, 3.05) is 19.4 Å². The van der Waals surface area contributed by atoms with Crippen molar-refractivity contribution in [2.24, 2.45) is 5.73 Å². The number of ether oxygens (including phenoxy) is 2. The van der Waals surface area contributed by atoms with Gasteiger partial charge in [0.2, 0.25) is 15.9 Å². The summed E-state index contributed by atoms with van der Waals surface area (Å²) in [6.45, 7) is 9.53. The van der Waals surface area contributed by atoms with Gasteiger partial charge in [-0.25, -0.2) is 32.5 Å². The van der Waals surface area contributed by atoms with Gasteiger partial charge in [-0.3, -0.25) is 0 Å². The number of rotatable bonds is 7. The van der Waals surface area contributed by atoms with Gasteiger partial charge in [0, 0.05) is 50.8 Å². The van der Waals surface area contributed by atoms with Gasteiger partial charge in [0.15, 0.2) is 0 Å². The molecule has 0 unspecified atom stereocenters. The highest BCUT2D eigenvalue weighted by Gasteiger charge is 2.42. The zero-order valence-electron chi connectivity index (χ0n) is 23.8. The molecule has 3 aromatic heterocycles. The third kappa shape index (κ3) is 4.99. The standard InChI is InChI=1S/C28H36N6O5S/c1-15-24-18(26(35)39-28(15,4)5)8-9-22(33-24)32-23-12-19-20(13-30-23)25(31-14-21(19)27(2,3)29)38-16-10-17(11-16)40(36,37)34(6)7/h8-9,12-17H,10-11,29H2,1-7H3,(H,30,32,33)/t15-,16-,17-/m1/s1. The van der Waals surface area contributed by atoms with Gasteiger partial charge in [-0.2, -0.15) is 0 Å². The number of fused-ring (bicyclic) bond motifs is 2. The summed E-state index contributed by atoms with van der Waals surface area (Å²) < 4.78 is 37.8. The lowest BCUT2D eigenvalue weighted by molar-refractivity contribution is -0.0189. The number of hydrogen-bond donors (Lipinski definition) is 2. The van der Waals surface area contributed by atoms with E-state index in [2.05, 4.69) is 15.3 Å². The lowest BCUT2D eigenvalue weighted by atomic mass is 9.84. The van der Waals surface area contributed by atoms with Crippen LogP contribution < -0.4 is 15.8 Å².